The van der Waals surface area contributed by atoms with E-state index in [-0.39, 0.29) is 11.7 Å². The zero-order valence-corrected chi connectivity index (χ0v) is 13.5. The molecule has 0 saturated carbocycles. The van der Waals surface area contributed by atoms with Gasteiger partial charge in [0.15, 0.2) is 11.5 Å². The Labute approximate surface area is 135 Å². The van der Waals surface area contributed by atoms with Crippen LogP contribution in [0.2, 0.25) is 0 Å². The molecule has 5 heteroatoms. The van der Waals surface area contributed by atoms with Gasteiger partial charge in [-0.15, -0.1) is 0 Å². The second-order valence-electron chi connectivity index (χ2n) is 5.13. The molecule has 2 rings (SSSR count). The number of hydrogen-bond acceptors (Lipinski definition) is 3. The number of halogens is 1. The molecule has 0 heterocycles. The van der Waals surface area contributed by atoms with E-state index in [1.165, 1.54) is 19.2 Å². The van der Waals surface area contributed by atoms with Crippen molar-refractivity contribution in [2.45, 2.75) is 20.3 Å². The Balaban J connectivity index is 2.16. The molecule has 4 nitrogen and oxygen atoms in total. The number of hydrogen-bond donors (Lipinski definition) is 1. The molecule has 0 aliphatic carbocycles. The van der Waals surface area contributed by atoms with Crippen LogP contribution in [0.1, 0.15) is 29.3 Å². The Morgan fingerprint density at radius 3 is 2.61 bits per heavy atom. The maximum absolute atomic E-state index is 13.3. The Kier molecular flexibility index (Phi) is 5.57. The maximum Gasteiger partial charge on any atom is 0.255 e. The first kappa shape index (κ1) is 16.8. The average molecular weight is 317 g/mol. The van der Waals surface area contributed by atoms with Crippen molar-refractivity contribution in [1.82, 2.24) is 0 Å². The van der Waals surface area contributed by atoms with Crippen molar-refractivity contribution in [1.29, 1.82) is 0 Å². The van der Waals surface area contributed by atoms with E-state index in [1.54, 1.807) is 31.2 Å². The number of ether oxygens (including phenoxy) is 2. The van der Waals surface area contributed by atoms with Crippen molar-refractivity contribution in [3.05, 3.63) is 53.3 Å². The number of carbonyl (C=O) groups is 1. The number of methoxy groups -OCH3 is 1. The molecule has 0 saturated heterocycles. The first-order chi connectivity index (χ1) is 11.0. The zero-order valence-electron chi connectivity index (χ0n) is 13.5. The molecule has 0 radical (unpaired) electrons. The van der Waals surface area contributed by atoms with Gasteiger partial charge >= 0.3 is 0 Å². The van der Waals surface area contributed by atoms with E-state index in [1.807, 2.05) is 6.92 Å². The molecule has 1 N–H and O–H groups in total. The van der Waals surface area contributed by atoms with Gasteiger partial charge in [0.25, 0.3) is 5.91 Å². The van der Waals surface area contributed by atoms with Crippen LogP contribution in [-0.4, -0.2) is 19.6 Å². The first-order valence-electron chi connectivity index (χ1n) is 7.43. The fourth-order valence-electron chi connectivity index (χ4n) is 2.07. The summed E-state index contributed by atoms with van der Waals surface area (Å²) in [6.07, 6.45) is 0.884. The third-order valence-electron chi connectivity index (χ3n) is 3.30. The summed E-state index contributed by atoms with van der Waals surface area (Å²) in [5, 5.41) is 2.74. The fraction of sp³-hybridized carbons (Fsp3) is 0.278. The van der Waals surface area contributed by atoms with Gasteiger partial charge in [0.1, 0.15) is 5.82 Å². The number of rotatable bonds is 6. The van der Waals surface area contributed by atoms with Crippen molar-refractivity contribution in [3.8, 4) is 11.5 Å². The van der Waals surface area contributed by atoms with Crippen molar-refractivity contribution in [2.75, 3.05) is 19.0 Å². The Morgan fingerprint density at radius 2 is 1.96 bits per heavy atom. The number of nitrogens with one attached hydrogen (secondary N) is 1. The highest BCUT2D eigenvalue weighted by Crippen LogP contribution is 2.28. The normalized spacial score (nSPS) is 10.3. The standard InChI is InChI=1S/C18H20FNO3/c1-4-9-23-16-8-5-13(11-17(16)22-3)18(21)20-14-6-7-15(19)12(2)10-14/h5-8,10-11H,4,9H2,1-3H3,(H,20,21). The highest BCUT2D eigenvalue weighted by Gasteiger charge is 2.12. The van der Waals surface area contributed by atoms with E-state index in [4.69, 9.17) is 9.47 Å². The van der Waals surface area contributed by atoms with E-state index in [0.29, 0.717) is 34.9 Å². The summed E-state index contributed by atoms with van der Waals surface area (Å²) < 4.78 is 24.1. The minimum absolute atomic E-state index is 0.295. The maximum atomic E-state index is 13.3. The van der Waals surface area contributed by atoms with Crippen LogP contribution in [0.4, 0.5) is 10.1 Å². The Bertz CT molecular complexity index is 701. The second-order valence-corrected chi connectivity index (χ2v) is 5.13. The van der Waals surface area contributed by atoms with Gasteiger partial charge in [-0.2, -0.15) is 0 Å². The van der Waals surface area contributed by atoms with Crippen LogP contribution in [0, 0.1) is 12.7 Å². The average Bonchev–Trinajstić information content (AvgIpc) is 2.56. The summed E-state index contributed by atoms with van der Waals surface area (Å²) in [5.41, 5.74) is 1.45. The van der Waals surface area contributed by atoms with E-state index in [0.717, 1.165) is 6.42 Å². The highest BCUT2D eigenvalue weighted by atomic mass is 19.1. The molecule has 1 amide bonds. The highest BCUT2D eigenvalue weighted by molar-refractivity contribution is 6.04. The van der Waals surface area contributed by atoms with Crippen molar-refractivity contribution in [3.63, 3.8) is 0 Å². The van der Waals surface area contributed by atoms with Gasteiger partial charge in [0.2, 0.25) is 0 Å². The Hall–Kier alpha value is -2.56. The molecule has 2 aromatic carbocycles. The topological polar surface area (TPSA) is 47.6 Å². The third kappa shape index (κ3) is 4.22. The molecular formula is C18H20FNO3. The largest absolute Gasteiger partial charge is 0.493 e. The van der Waals surface area contributed by atoms with Crippen LogP contribution < -0.4 is 14.8 Å². The Morgan fingerprint density at radius 1 is 1.17 bits per heavy atom. The first-order valence-corrected chi connectivity index (χ1v) is 7.43. The molecule has 0 fully saturated rings. The van der Waals surface area contributed by atoms with Gasteiger partial charge in [0.05, 0.1) is 13.7 Å². The number of benzene rings is 2. The number of amides is 1. The molecule has 0 unspecified atom stereocenters. The molecule has 0 atom stereocenters. The molecule has 0 aromatic heterocycles. The summed E-state index contributed by atoms with van der Waals surface area (Å²) in [7, 11) is 1.53. The van der Waals surface area contributed by atoms with Crippen molar-refractivity contribution >= 4 is 11.6 Å². The molecule has 0 spiro atoms. The van der Waals surface area contributed by atoms with Crippen molar-refractivity contribution in [2.24, 2.45) is 0 Å². The molecule has 122 valence electrons. The van der Waals surface area contributed by atoms with E-state index in [9.17, 15) is 9.18 Å². The lowest BCUT2D eigenvalue weighted by Gasteiger charge is -2.12. The minimum Gasteiger partial charge on any atom is -0.493 e. The number of anilines is 1. The van der Waals surface area contributed by atoms with Gasteiger partial charge in [-0.25, -0.2) is 4.39 Å². The summed E-state index contributed by atoms with van der Waals surface area (Å²) in [5.74, 6) is 0.503. The van der Waals surface area contributed by atoms with Gasteiger partial charge in [-0.1, -0.05) is 6.92 Å². The van der Waals surface area contributed by atoms with Crippen LogP contribution in [0.5, 0.6) is 11.5 Å². The molecule has 2 aromatic rings. The van der Waals surface area contributed by atoms with Gasteiger partial charge in [-0.3, -0.25) is 4.79 Å². The van der Waals surface area contributed by atoms with Crippen LogP contribution in [0.15, 0.2) is 36.4 Å². The van der Waals surface area contributed by atoms with E-state index < -0.39 is 0 Å². The minimum atomic E-state index is -0.304. The molecular weight excluding hydrogens is 297 g/mol. The summed E-state index contributed by atoms with van der Waals surface area (Å²) in [6.45, 7) is 4.24. The lowest BCUT2D eigenvalue weighted by atomic mass is 10.1. The monoisotopic (exact) mass is 317 g/mol. The third-order valence-corrected chi connectivity index (χ3v) is 3.30. The van der Waals surface area contributed by atoms with Gasteiger partial charge < -0.3 is 14.8 Å². The predicted octanol–water partition coefficient (Wildman–Crippen LogP) is 4.18. The SMILES string of the molecule is CCCOc1ccc(C(=O)Nc2ccc(F)c(C)c2)cc1OC. The smallest absolute Gasteiger partial charge is 0.255 e. The lowest BCUT2D eigenvalue weighted by molar-refractivity contribution is 0.102. The lowest BCUT2D eigenvalue weighted by Crippen LogP contribution is -2.12. The van der Waals surface area contributed by atoms with Gasteiger partial charge in [0, 0.05) is 11.3 Å². The van der Waals surface area contributed by atoms with Crippen LogP contribution >= 0.6 is 0 Å². The molecule has 0 aliphatic rings. The summed E-state index contributed by atoms with van der Waals surface area (Å²) in [6, 6.07) is 9.43. The molecule has 23 heavy (non-hydrogen) atoms. The van der Waals surface area contributed by atoms with Crippen LogP contribution in [-0.2, 0) is 0 Å². The van der Waals surface area contributed by atoms with Gasteiger partial charge in [-0.05, 0) is 55.3 Å². The predicted molar refractivity (Wildman–Crippen MR) is 87.9 cm³/mol. The quantitative estimate of drug-likeness (QED) is 0.869. The van der Waals surface area contributed by atoms with Crippen LogP contribution in [0.3, 0.4) is 0 Å². The summed E-state index contributed by atoms with van der Waals surface area (Å²) in [4.78, 5) is 12.3. The number of aryl methyl sites for hydroxylation is 1. The van der Waals surface area contributed by atoms with E-state index >= 15 is 0 Å². The van der Waals surface area contributed by atoms with E-state index in [2.05, 4.69) is 5.32 Å². The summed E-state index contributed by atoms with van der Waals surface area (Å²) >= 11 is 0. The van der Waals surface area contributed by atoms with Crippen LogP contribution in [0.25, 0.3) is 0 Å². The zero-order chi connectivity index (χ0) is 16.8. The fourth-order valence-corrected chi connectivity index (χ4v) is 2.07. The number of carbonyl (C=O) groups excluding carboxylic acids is 1. The molecule has 0 bridgehead atoms. The van der Waals surface area contributed by atoms with Crippen molar-refractivity contribution < 1.29 is 18.7 Å². The molecule has 0 aliphatic heterocycles. The second kappa shape index (κ2) is 7.63.